The second-order valence-corrected chi connectivity index (χ2v) is 6.05. The Morgan fingerprint density at radius 1 is 1.06 bits per heavy atom. The highest BCUT2D eigenvalue weighted by molar-refractivity contribution is 4.88. The Balaban J connectivity index is 1.74. The maximum absolute atomic E-state index is 2.75. The average Bonchev–Trinajstić information content (AvgIpc) is 2.35. The third kappa shape index (κ3) is 3.69. The van der Waals surface area contributed by atoms with Crippen LogP contribution in [0.3, 0.4) is 0 Å². The van der Waals surface area contributed by atoms with Gasteiger partial charge in [-0.25, -0.2) is 0 Å². The van der Waals surface area contributed by atoms with Crippen molar-refractivity contribution in [1.82, 2.24) is 9.80 Å². The van der Waals surface area contributed by atoms with E-state index in [0.29, 0.717) is 0 Å². The van der Waals surface area contributed by atoms with E-state index in [1.165, 1.54) is 71.1 Å². The van der Waals surface area contributed by atoms with Gasteiger partial charge >= 0.3 is 0 Å². The van der Waals surface area contributed by atoms with Crippen molar-refractivity contribution in [2.24, 2.45) is 0 Å². The second-order valence-electron chi connectivity index (χ2n) is 6.05. The van der Waals surface area contributed by atoms with Crippen LogP contribution in [0.2, 0.25) is 0 Å². The van der Waals surface area contributed by atoms with Gasteiger partial charge in [0.15, 0.2) is 0 Å². The van der Waals surface area contributed by atoms with Gasteiger partial charge in [-0.2, -0.15) is 0 Å². The number of piperazine rings is 1. The molecule has 2 unspecified atom stereocenters. The molecule has 2 rings (SSSR count). The molecule has 0 radical (unpaired) electrons. The summed E-state index contributed by atoms with van der Waals surface area (Å²) in [5, 5.41) is 0. The standard InChI is InChI=1S/C15H30N2/c1-3-4-5-7-10-16-13-15-9-6-8-11-17(15)12-14(16)2/h14-15H,3-13H2,1-2H3. The average molecular weight is 238 g/mol. The van der Waals surface area contributed by atoms with Crippen LogP contribution in [-0.2, 0) is 0 Å². The van der Waals surface area contributed by atoms with E-state index < -0.39 is 0 Å². The van der Waals surface area contributed by atoms with Crippen molar-refractivity contribution in [3.63, 3.8) is 0 Å². The summed E-state index contributed by atoms with van der Waals surface area (Å²) in [6.45, 7) is 10.1. The molecule has 0 aliphatic carbocycles. The van der Waals surface area contributed by atoms with Crippen LogP contribution in [0.4, 0.5) is 0 Å². The first-order valence-corrected chi connectivity index (χ1v) is 7.79. The number of nitrogens with zero attached hydrogens (tertiary/aromatic N) is 2. The second kappa shape index (κ2) is 6.75. The molecule has 2 fully saturated rings. The first-order valence-electron chi connectivity index (χ1n) is 7.79. The fourth-order valence-electron chi connectivity index (χ4n) is 3.47. The van der Waals surface area contributed by atoms with E-state index in [1.807, 2.05) is 0 Å². The third-order valence-corrected chi connectivity index (χ3v) is 4.62. The smallest absolute Gasteiger partial charge is 0.0223 e. The summed E-state index contributed by atoms with van der Waals surface area (Å²) in [6, 6.07) is 1.66. The molecule has 17 heavy (non-hydrogen) atoms. The van der Waals surface area contributed by atoms with Gasteiger partial charge in [0.1, 0.15) is 0 Å². The summed E-state index contributed by atoms with van der Waals surface area (Å²) in [7, 11) is 0. The van der Waals surface area contributed by atoms with Crippen LogP contribution in [-0.4, -0.2) is 48.1 Å². The van der Waals surface area contributed by atoms with Gasteiger partial charge in [-0.05, 0) is 39.3 Å². The predicted molar refractivity (Wildman–Crippen MR) is 74.4 cm³/mol. The zero-order valence-electron chi connectivity index (χ0n) is 11.8. The molecule has 0 amide bonds. The quantitative estimate of drug-likeness (QED) is 0.679. The van der Waals surface area contributed by atoms with Gasteiger partial charge in [-0.15, -0.1) is 0 Å². The highest BCUT2D eigenvalue weighted by Gasteiger charge is 2.32. The highest BCUT2D eigenvalue weighted by Crippen LogP contribution is 2.24. The van der Waals surface area contributed by atoms with Crippen LogP contribution in [0.25, 0.3) is 0 Å². The lowest BCUT2D eigenvalue weighted by atomic mass is 9.97. The predicted octanol–water partition coefficient (Wildman–Crippen LogP) is 3.13. The highest BCUT2D eigenvalue weighted by atomic mass is 15.3. The molecular weight excluding hydrogens is 208 g/mol. The molecule has 2 heteroatoms. The van der Waals surface area contributed by atoms with Crippen LogP contribution in [0, 0.1) is 0 Å². The van der Waals surface area contributed by atoms with E-state index in [4.69, 9.17) is 0 Å². The third-order valence-electron chi connectivity index (χ3n) is 4.62. The van der Waals surface area contributed by atoms with Crippen LogP contribution in [0.5, 0.6) is 0 Å². The molecule has 0 spiro atoms. The molecule has 0 aromatic heterocycles. The number of piperidine rings is 1. The van der Waals surface area contributed by atoms with Gasteiger partial charge in [-0.3, -0.25) is 9.80 Å². The van der Waals surface area contributed by atoms with Gasteiger partial charge in [0, 0.05) is 25.2 Å². The van der Waals surface area contributed by atoms with Crippen molar-refractivity contribution in [2.45, 2.75) is 70.9 Å². The summed E-state index contributed by atoms with van der Waals surface area (Å²) < 4.78 is 0. The van der Waals surface area contributed by atoms with Crippen molar-refractivity contribution < 1.29 is 0 Å². The van der Waals surface area contributed by atoms with Gasteiger partial charge in [-0.1, -0.05) is 32.6 Å². The van der Waals surface area contributed by atoms with Crippen molar-refractivity contribution >= 4 is 0 Å². The monoisotopic (exact) mass is 238 g/mol. The minimum absolute atomic E-state index is 0.783. The molecule has 100 valence electrons. The molecule has 2 aliphatic rings. The van der Waals surface area contributed by atoms with Crippen LogP contribution in [0.15, 0.2) is 0 Å². The summed E-state index contributed by atoms with van der Waals surface area (Å²) >= 11 is 0. The molecule has 2 heterocycles. The molecule has 2 aliphatic heterocycles. The Bertz CT molecular complexity index is 217. The fourth-order valence-corrected chi connectivity index (χ4v) is 3.47. The van der Waals surface area contributed by atoms with E-state index in [2.05, 4.69) is 23.6 Å². The number of unbranched alkanes of at least 4 members (excludes halogenated alkanes) is 3. The van der Waals surface area contributed by atoms with E-state index in [-0.39, 0.29) is 0 Å². The lowest BCUT2D eigenvalue weighted by Crippen LogP contribution is -2.58. The summed E-state index contributed by atoms with van der Waals surface area (Å²) in [5.74, 6) is 0. The van der Waals surface area contributed by atoms with Gasteiger partial charge in [0.05, 0.1) is 0 Å². The zero-order valence-corrected chi connectivity index (χ0v) is 11.8. The SMILES string of the molecule is CCCCCCN1CC2CCCCN2CC1C. The van der Waals surface area contributed by atoms with Crippen molar-refractivity contribution in [2.75, 3.05) is 26.2 Å². The molecule has 2 saturated heterocycles. The minimum Gasteiger partial charge on any atom is -0.298 e. The summed E-state index contributed by atoms with van der Waals surface area (Å²) in [4.78, 5) is 5.50. The summed E-state index contributed by atoms with van der Waals surface area (Å²) in [6.07, 6.45) is 9.93. The Kier molecular flexibility index (Phi) is 5.30. The van der Waals surface area contributed by atoms with E-state index in [1.54, 1.807) is 0 Å². The van der Waals surface area contributed by atoms with Crippen molar-refractivity contribution in [3.05, 3.63) is 0 Å². The largest absolute Gasteiger partial charge is 0.298 e. The number of fused-ring (bicyclic) bond motifs is 1. The number of rotatable bonds is 5. The molecule has 0 bridgehead atoms. The molecule has 0 N–H and O–H groups in total. The topological polar surface area (TPSA) is 6.48 Å². The Morgan fingerprint density at radius 3 is 2.76 bits per heavy atom. The Hall–Kier alpha value is -0.0800. The maximum atomic E-state index is 2.75. The van der Waals surface area contributed by atoms with Crippen LogP contribution >= 0.6 is 0 Å². The minimum atomic E-state index is 0.783. The molecule has 2 nitrogen and oxygen atoms in total. The van der Waals surface area contributed by atoms with E-state index in [9.17, 15) is 0 Å². The van der Waals surface area contributed by atoms with Gasteiger partial charge < -0.3 is 0 Å². The van der Waals surface area contributed by atoms with E-state index in [0.717, 1.165) is 12.1 Å². The van der Waals surface area contributed by atoms with Crippen LogP contribution in [0.1, 0.15) is 58.8 Å². The number of hydrogen-bond donors (Lipinski definition) is 0. The molecule has 2 atom stereocenters. The van der Waals surface area contributed by atoms with Crippen molar-refractivity contribution in [3.8, 4) is 0 Å². The molecule has 0 saturated carbocycles. The Morgan fingerprint density at radius 2 is 1.94 bits per heavy atom. The van der Waals surface area contributed by atoms with E-state index >= 15 is 0 Å². The lowest BCUT2D eigenvalue weighted by molar-refractivity contribution is 0.0146. The normalized spacial score (nSPS) is 31.4. The molecular formula is C15H30N2. The van der Waals surface area contributed by atoms with Gasteiger partial charge in [0.25, 0.3) is 0 Å². The fraction of sp³-hybridized carbons (Fsp3) is 1.00. The molecule has 0 aromatic rings. The lowest BCUT2D eigenvalue weighted by Gasteiger charge is -2.47. The van der Waals surface area contributed by atoms with Crippen molar-refractivity contribution in [1.29, 1.82) is 0 Å². The maximum Gasteiger partial charge on any atom is 0.0223 e. The van der Waals surface area contributed by atoms with Crippen LogP contribution < -0.4 is 0 Å². The Labute approximate surface area is 107 Å². The van der Waals surface area contributed by atoms with Gasteiger partial charge in [0.2, 0.25) is 0 Å². The summed E-state index contributed by atoms with van der Waals surface area (Å²) in [5.41, 5.74) is 0. The first kappa shape index (κ1) is 13.4. The zero-order chi connectivity index (χ0) is 12.1. The first-order chi connectivity index (χ1) is 8.31. The number of hydrogen-bond acceptors (Lipinski definition) is 2. The molecule has 0 aromatic carbocycles.